The molecular weight excluding hydrogens is 739 g/mol. The van der Waals surface area contributed by atoms with Crippen molar-refractivity contribution in [2.24, 2.45) is 23.7 Å². The molecule has 0 saturated heterocycles. The van der Waals surface area contributed by atoms with Crippen LogP contribution in [0.15, 0.2) is 168 Å². The van der Waals surface area contributed by atoms with Crippen LogP contribution < -0.4 is 4.90 Å². The summed E-state index contributed by atoms with van der Waals surface area (Å²) in [6, 6.07) is 62.2. The fourth-order valence-electron chi connectivity index (χ4n) is 14.2. The molecule has 4 bridgehead atoms. The van der Waals surface area contributed by atoms with E-state index in [4.69, 9.17) is 4.42 Å². The van der Waals surface area contributed by atoms with Crippen molar-refractivity contribution in [3.05, 3.63) is 186 Å². The van der Waals surface area contributed by atoms with Crippen LogP contribution in [0.4, 0.5) is 17.1 Å². The van der Waals surface area contributed by atoms with Crippen molar-refractivity contribution in [3.63, 3.8) is 0 Å². The second-order valence-electron chi connectivity index (χ2n) is 19.7. The molecule has 4 fully saturated rings. The van der Waals surface area contributed by atoms with Crippen molar-refractivity contribution in [2.45, 2.75) is 56.8 Å². The molecule has 0 aliphatic heterocycles. The summed E-state index contributed by atoms with van der Waals surface area (Å²) in [4.78, 5) is 2.50. The van der Waals surface area contributed by atoms with E-state index >= 15 is 0 Å². The van der Waals surface area contributed by atoms with Crippen molar-refractivity contribution in [1.82, 2.24) is 0 Å². The number of para-hydroxylation sites is 1. The molecule has 1 spiro atoms. The first-order valence-corrected chi connectivity index (χ1v) is 22.7. The lowest BCUT2D eigenvalue weighted by atomic mass is 9.43. The topological polar surface area (TPSA) is 16.4 Å². The molecule has 294 valence electrons. The van der Waals surface area contributed by atoms with E-state index in [2.05, 4.69) is 183 Å². The van der Waals surface area contributed by atoms with Gasteiger partial charge in [0.25, 0.3) is 0 Å². The number of hydrogen-bond donors (Lipinski definition) is 0. The Balaban J connectivity index is 0.966. The summed E-state index contributed by atoms with van der Waals surface area (Å²) in [5.41, 5.74) is 19.5. The maximum Gasteiger partial charge on any atom is 0.135 e. The Morgan fingerprint density at radius 3 is 1.80 bits per heavy atom. The Bertz CT molecular complexity index is 3300. The smallest absolute Gasteiger partial charge is 0.135 e. The SMILES string of the molecule is CC1(C)c2ccccc2-c2ccc(N(c3ccc4oc5ccccc5c4c3)c3ccc(-c4ccc5c(c4)C4(c6ccccc6-5)C5CC6CC(C5)CC4C6)c4ccccc34)cc21. The summed E-state index contributed by atoms with van der Waals surface area (Å²) in [6.45, 7) is 4.75. The Kier molecular flexibility index (Phi) is 6.83. The molecule has 2 nitrogen and oxygen atoms in total. The van der Waals surface area contributed by atoms with Crippen molar-refractivity contribution >= 4 is 49.8 Å². The molecule has 0 amide bonds. The Labute approximate surface area is 357 Å². The van der Waals surface area contributed by atoms with Crippen LogP contribution in [0.5, 0.6) is 0 Å². The fourth-order valence-corrected chi connectivity index (χ4v) is 14.2. The van der Waals surface area contributed by atoms with Gasteiger partial charge in [-0.2, -0.15) is 0 Å². The standard InChI is InChI=1S/C59H47NO/c1-58(2)51-16-8-5-12-44(51)46-23-20-41(34-53(46)58)60(40-21-26-57-50(33-40)49-15-7-10-18-56(49)61-57)55-25-24-42(43-11-3-4-14-48(43)55)37-19-22-47-45-13-6-9-17-52(45)59(54(47)32-37)38-28-35-27-36(30-38)31-39(59)29-35/h3-26,32-36,38-39H,27-31H2,1-2H3. The Hall–Kier alpha value is -6.38. The molecule has 1 heterocycles. The molecular formula is C59H47NO. The average Bonchev–Trinajstić information content (AvgIpc) is 3.89. The van der Waals surface area contributed by atoms with Crippen LogP contribution in [0.2, 0.25) is 0 Å². The average molecular weight is 786 g/mol. The maximum absolute atomic E-state index is 6.36. The molecule has 61 heavy (non-hydrogen) atoms. The van der Waals surface area contributed by atoms with Crippen LogP contribution in [0.3, 0.4) is 0 Å². The lowest BCUT2D eigenvalue weighted by molar-refractivity contribution is -0.0399. The van der Waals surface area contributed by atoms with Crippen molar-refractivity contribution < 1.29 is 4.42 Å². The molecule has 1 aromatic heterocycles. The predicted molar refractivity (Wildman–Crippen MR) is 252 cm³/mol. The van der Waals surface area contributed by atoms with Crippen LogP contribution in [0.25, 0.3) is 66.1 Å². The van der Waals surface area contributed by atoms with E-state index in [1.165, 1.54) is 93.1 Å². The number of nitrogens with zero attached hydrogens (tertiary/aromatic N) is 1. The van der Waals surface area contributed by atoms with Gasteiger partial charge in [0.05, 0.1) is 5.69 Å². The van der Waals surface area contributed by atoms with Crippen LogP contribution in [-0.2, 0) is 10.8 Å². The summed E-state index contributed by atoms with van der Waals surface area (Å²) in [7, 11) is 0. The highest BCUT2D eigenvalue weighted by Crippen LogP contribution is 2.69. The van der Waals surface area contributed by atoms with Crippen molar-refractivity contribution in [1.29, 1.82) is 0 Å². The Morgan fingerprint density at radius 2 is 1.00 bits per heavy atom. The Morgan fingerprint density at radius 1 is 0.426 bits per heavy atom. The minimum Gasteiger partial charge on any atom is -0.456 e. The minimum absolute atomic E-state index is 0.119. The van der Waals surface area contributed by atoms with Gasteiger partial charge in [-0.15, -0.1) is 0 Å². The zero-order valence-corrected chi connectivity index (χ0v) is 34.8. The van der Waals surface area contributed by atoms with Crippen molar-refractivity contribution in [2.75, 3.05) is 4.90 Å². The molecule has 9 aromatic rings. The van der Waals surface area contributed by atoms with E-state index in [1.807, 2.05) is 0 Å². The second-order valence-corrected chi connectivity index (χ2v) is 19.7. The maximum atomic E-state index is 6.36. The van der Waals surface area contributed by atoms with Gasteiger partial charge in [-0.3, -0.25) is 0 Å². The first kappa shape index (κ1) is 34.3. The third-order valence-corrected chi connectivity index (χ3v) is 16.5. The molecule has 15 rings (SSSR count). The van der Waals surface area contributed by atoms with E-state index in [9.17, 15) is 0 Å². The summed E-state index contributed by atoms with van der Waals surface area (Å²) in [5.74, 6) is 3.33. The van der Waals surface area contributed by atoms with Gasteiger partial charge in [-0.25, -0.2) is 0 Å². The predicted octanol–water partition coefficient (Wildman–Crippen LogP) is 15.9. The monoisotopic (exact) mass is 785 g/mol. The molecule has 6 aliphatic carbocycles. The van der Waals surface area contributed by atoms with E-state index in [-0.39, 0.29) is 10.8 Å². The fraction of sp³-hybridized carbons (Fsp3) is 0.220. The van der Waals surface area contributed by atoms with E-state index < -0.39 is 0 Å². The van der Waals surface area contributed by atoms with Gasteiger partial charge < -0.3 is 9.32 Å². The number of hydrogen-bond acceptors (Lipinski definition) is 2. The molecule has 0 radical (unpaired) electrons. The zero-order chi connectivity index (χ0) is 40.2. The normalized spacial score (nSPS) is 23.4. The van der Waals surface area contributed by atoms with Gasteiger partial charge in [-0.1, -0.05) is 129 Å². The molecule has 0 atom stereocenters. The molecule has 2 heteroatoms. The number of furan rings is 1. The summed E-state index contributed by atoms with van der Waals surface area (Å²) < 4.78 is 6.36. The van der Waals surface area contributed by atoms with Crippen LogP contribution in [-0.4, -0.2) is 0 Å². The first-order chi connectivity index (χ1) is 29.9. The molecule has 0 N–H and O–H groups in total. The third-order valence-electron chi connectivity index (χ3n) is 16.5. The van der Waals surface area contributed by atoms with Gasteiger partial charge in [0.2, 0.25) is 0 Å². The lowest BCUT2D eigenvalue weighted by Crippen LogP contribution is -2.55. The van der Waals surface area contributed by atoms with Crippen LogP contribution in [0.1, 0.15) is 68.2 Å². The third kappa shape index (κ3) is 4.53. The highest BCUT2D eigenvalue weighted by molar-refractivity contribution is 6.09. The summed E-state index contributed by atoms with van der Waals surface area (Å²) >= 11 is 0. The molecule has 8 aromatic carbocycles. The zero-order valence-electron chi connectivity index (χ0n) is 34.8. The quantitative estimate of drug-likeness (QED) is 0.177. The van der Waals surface area contributed by atoms with Gasteiger partial charge >= 0.3 is 0 Å². The van der Waals surface area contributed by atoms with Crippen molar-refractivity contribution in [3.8, 4) is 33.4 Å². The van der Waals surface area contributed by atoms with Crippen LogP contribution >= 0.6 is 0 Å². The van der Waals surface area contributed by atoms with Gasteiger partial charge in [0.15, 0.2) is 0 Å². The summed E-state index contributed by atoms with van der Waals surface area (Å²) in [6.07, 6.45) is 7.04. The first-order valence-electron chi connectivity index (χ1n) is 22.7. The largest absolute Gasteiger partial charge is 0.456 e. The molecule has 6 aliphatic rings. The van der Waals surface area contributed by atoms with Gasteiger partial charge in [0.1, 0.15) is 11.2 Å². The highest BCUT2D eigenvalue weighted by atomic mass is 16.3. The van der Waals surface area contributed by atoms with E-state index in [1.54, 1.807) is 11.1 Å². The van der Waals surface area contributed by atoms with Gasteiger partial charge in [0, 0.05) is 38.4 Å². The van der Waals surface area contributed by atoms with Crippen LogP contribution in [0, 0.1) is 23.7 Å². The number of anilines is 3. The highest BCUT2D eigenvalue weighted by Gasteiger charge is 2.61. The minimum atomic E-state index is -0.119. The summed E-state index contributed by atoms with van der Waals surface area (Å²) in [5, 5.41) is 4.79. The molecule has 0 unspecified atom stereocenters. The molecule has 4 saturated carbocycles. The van der Waals surface area contributed by atoms with Gasteiger partial charge in [-0.05, 0) is 165 Å². The number of rotatable bonds is 4. The number of fused-ring (bicyclic) bond motifs is 10. The lowest BCUT2D eigenvalue weighted by Gasteiger charge is -2.61. The van der Waals surface area contributed by atoms with E-state index in [0.717, 1.165) is 57.0 Å². The van der Waals surface area contributed by atoms with E-state index in [0.29, 0.717) is 0 Å². The number of benzene rings is 8. The second kappa shape index (κ2) is 12.1.